The average molecular weight is 489 g/mol. The van der Waals surface area contributed by atoms with Gasteiger partial charge in [0.05, 0.1) is 5.56 Å². The molecular weight excluding hydrogens is 460 g/mol. The molecule has 1 saturated heterocycles. The quantitative estimate of drug-likeness (QED) is 0.470. The van der Waals surface area contributed by atoms with Crippen LogP contribution in [0.1, 0.15) is 29.5 Å². The molecule has 4 rings (SSSR count). The molecule has 1 aromatic heterocycles. The minimum Gasteiger partial charge on any atom is -0.334 e. The summed E-state index contributed by atoms with van der Waals surface area (Å²) >= 11 is 0. The normalized spacial score (nSPS) is 15.2. The van der Waals surface area contributed by atoms with Gasteiger partial charge in [-0.25, -0.2) is 9.18 Å². The van der Waals surface area contributed by atoms with E-state index in [9.17, 15) is 22.4 Å². The van der Waals surface area contributed by atoms with E-state index in [4.69, 9.17) is 0 Å². The number of piperidine rings is 1. The minimum atomic E-state index is -4.34. The second-order valence-electron chi connectivity index (χ2n) is 8.88. The van der Waals surface area contributed by atoms with E-state index in [-0.39, 0.29) is 24.4 Å². The molecule has 9 heteroatoms. The van der Waals surface area contributed by atoms with Crippen LogP contribution in [0.3, 0.4) is 0 Å². The fraction of sp³-hybridized carbons (Fsp3) is 0.346. The first kappa shape index (κ1) is 24.8. The number of halogens is 4. The molecular formula is C26H28F4N4O. The number of nitrogens with one attached hydrogen (secondary N) is 1. The number of benzene rings is 2. The molecule has 3 aromatic rings. The van der Waals surface area contributed by atoms with Crippen molar-refractivity contribution in [2.75, 3.05) is 20.1 Å². The lowest BCUT2D eigenvalue weighted by molar-refractivity contribution is -0.137. The third kappa shape index (κ3) is 6.42. The molecule has 0 aliphatic carbocycles. The van der Waals surface area contributed by atoms with Crippen LogP contribution in [0.25, 0.3) is 5.69 Å². The largest absolute Gasteiger partial charge is 0.416 e. The fourth-order valence-corrected chi connectivity index (χ4v) is 4.36. The maximum Gasteiger partial charge on any atom is 0.416 e. The molecule has 1 aliphatic heterocycles. The van der Waals surface area contributed by atoms with Crippen LogP contribution in [0.4, 0.5) is 22.4 Å². The predicted octanol–water partition coefficient (Wildman–Crippen LogP) is 5.44. The molecule has 0 atom stereocenters. The van der Waals surface area contributed by atoms with Crippen molar-refractivity contribution in [3.63, 3.8) is 0 Å². The number of likely N-dealkylation sites (tertiary alicyclic amines) is 1. The van der Waals surface area contributed by atoms with Crippen LogP contribution in [-0.2, 0) is 19.3 Å². The summed E-state index contributed by atoms with van der Waals surface area (Å²) in [4.78, 5) is 16.6. The van der Waals surface area contributed by atoms with Gasteiger partial charge in [0.15, 0.2) is 0 Å². The first-order valence-corrected chi connectivity index (χ1v) is 11.5. The molecule has 2 amide bonds. The number of carbonyl (C=O) groups is 1. The van der Waals surface area contributed by atoms with Crippen molar-refractivity contribution in [3.05, 3.63) is 89.5 Å². The van der Waals surface area contributed by atoms with Crippen LogP contribution in [0.2, 0.25) is 0 Å². The number of urea groups is 1. The van der Waals surface area contributed by atoms with Crippen LogP contribution in [0.5, 0.6) is 0 Å². The lowest BCUT2D eigenvalue weighted by Crippen LogP contribution is -2.48. The number of aromatic nitrogens is 1. The number of nitrogens with zero attached hydrogens (tertiary/aromatic N) is 3. The number of hydrogen-bond acceptors (Lipinski definition) is 2. The highest BCUT2D eigenvalue weighted by Crippen LogP contribution is 2.29. The molecule has 35 heavy (non-hydrogen) atoms. The smallest absolute Gasteiger partial charge is 0.334 e. The third-order valence-electron chi connectivity index (χ3n) is 6.41. The SMILES string of the molecule is CN(C(=O)NCc1cccc(F)c1)C1CCN(Cc2ccn(-c3ccc(C(F)(F)F)cc3)c2)CC1. The van der Waals surface area contributed by atoms with E-state index in [1.165, 1.54) is 24.3 Å². The highest BCUT2D eigenvalue weighted by Gasteiger charge is 2.30. The Morgan fingerprint density at radius 1 is 1.06 bits per heavy atom. The van der Waals surface area contributed by atoms with E-state index < -0.39 is 11.7 Å². The second kappa shape index (κ2) is 10.5. The standard InChI is InChI=1S/C26H28F4N4O/c1-32(25(35)31-16-19-3-2-4-22(27)15-19)23-10-12-33(13-11-23)17-20-9-14-34(18-20)24-7-5-21(6-8-24)26(28,29)30/h2-9,14-15,18,23H,10-13,16-17H2,1H3,(H,31,35). The highest BCUT2D eigenvalue weighted by molar-refractivity contribution is 5.74. The Bertz CT molecular complexity index is 1130. The summed E-state index contributed by atoms with van der Waals surface area (Å²) in [5.41, 5.74) is 1.80. The van der Waals surface area contributed by atoms with Crippen molar-refractivity contribution in [3.8, 4) is 5.69 Å². The van der Waals surface area contributed by atoms with Gasteiger partial charge in [0.1, 0.15) is 5.82 Å². The molecule has 2 heterocycles. The summed E-state index contributed by atoms with van der Waals surface area (Å²) in [6, 6.07) is 13.2. The van der Waals surface area contributed by atoms with E-state index in [0.29, 0.717) is 11.3 Å². The monoisotopic (exact) mass is 488 g/mol. The summed E-state index contributed by atoms with van der Waals surface area (Å²) in [5, 5.41) is 2.85. The first-order valence-electron chi connectivity index (χ1n) is 11.5. The van der Waals surface area contributed by atoms with Crippen LogP contribution < -0.4 is 5.32 Å². The summed E-state index contributed by atoms with van der Waals surface area (Å²) in [7, 11) is 1.78. The van der Waals surface area contributed by atoms with Gasteiger partial charge >= 0.3 is 12.2 Å². The van der Waals surface area contributed by atoms with E-state index in [2.05, 4.69) is 10.2 Å². The van der Waals surface area contributed by atoms with Gasteiger partial charge in [-0.3, -0.25) is 4.90 Å². The molecule has 1 N–H and O–H groups in total. The average Bonchev–Trinajstić information content (AvgIpc) is 3.30. The van der Waals surface area contributed by atoms with Gasteiger partial charge in [0.25, 0.3) is 0 Å². The molecule has 1 aliphatic rings. The molecule has 2 aromatic carbocycles. The Kier molecular flexibility index (Phi) is 7.45. The Labute approximate surface area is 202 Å². The van der Waals surface area contributed by atoms with E-state index in [0.717, 1.165) is 50.2 Å². The molecule has 0 spiro atoms. The van der Waals surface area contributed by atoms with Gasteiger partial charge in [-0.1, -0.05) is 12.1 Å². The van der Waals surface area contributed by atoms with E-state index >= 15 is 0 Å². The zero-order chi connectivity index (χ0) is 25.0. The van der Waals surface area contributed by atoms with Gasteiger partial charge in [0, 0.05) is 57.3 Å². The van der Waals surface area contributed by atoms with Gasteiger partial charge in [-0.05, 0) is 66.4 Å². The zero-order valence-corrected chi connectivity index (χ0v) is 19.4. The Balaban J connectivity index is 1.25. The third-order valence-corrected chi connectivity index (χ3v) is 6.41. The minimum absolute atomic E-state index is 0.121. The van der Waals surface area contributed by atoms with E-state index in [1.807, 2.05) is 23.0 Å². The Hall–Kier alpha value is -3.33. The fourth-order valence-electron chi connectivity index (χ4n) is 4.36. The first-order chi connectivity index (χ1) is 16.7. The van der Waals surface area contributed by atoms with Gasteiger partial charge in [-0.2, -0.15) is 13.2 Å². The lowest BCUT2D eigenvalue weighted by Gasteiger charge is -2.36. The predicted molar refractivity (Wildman–Crippen MR) is 125 cm³/mol. The number of hydrogen-bond donors (Lipinski definition) is 1. The number of rotatable bonds is 6. The maximum atomic E-state index is 13.3. The highest BCUT2D eigenvalue weighted by atomic mass is 19.4. The number of alkyl halides is 3. The molecule has 0 saturated carbocycles. The van der Waals surface area contributed by atoms with Crippen molar-refractivity contribution in [2.45, 2.75) is 38.1 Å². The molecule has 5 nitrogen and oxygen atoms in total. The Morgan fingerprint density at radius 2 is 1.77 bits per heavy atom. The van der Waals surface area contributed by atoms with Crippen LogP contribution in [0.15, 0.2) is 67.0 Å². The van der Waals surface area contributed by atoms with Gasteiger partial charge < -0.3 is 14.8 Å². The van der Waals surface area contributed by atoms with Gasteiger partial charge in [0.2, 0.25) is 0 Å². The van der Waals surface area contributed by atoms with Crippen molar-refractivity contribution >= 4 is 6.03 Å². The van der Waals surface area contributed by atoms with Crippen LogP contribution >= 0.6 is 0 Å². The molecule has 0 unspecified atom stereocenters. The van der Waals surface area contributed by atoms with E-state index in [1.54, 1.807) is 24.1 Å². The number of carbonyl (C=O) groups excluding carboxylic acids is 1. The van der Waals surface area contributed by atoms with Gasteiger partial charge in [-0.15, -0.1) is 0 Å². The van der Waals surface area contributed by atoms with Crippen LogP contribution in [-0.4, -0.2) is 46.6 Å². The summed E-state index contributed by atoms with van der Waals surface area (Å²) < 4.78 is 53.5. The molecule has 0 bridgehead atoms. The maximum absolute atomic E-state index is 13.3. The second-order valence-corrected chi connectivity index (χ2v) is 8.88. The topological polar surface area (TPSA) is 40.5 Å². The summed E-state index contributed by atoms with van der Waals surface area (Å²) in [6.45, 7) is 2.67. The lowest BCUT2D eigenvalue weighted by atomic mass is 10.0. The van der Waals surface area contributed by atoms with Crippen molar-refractivity contribution in [1.29, 1.82) is 0 Å². The molecule has 0 radical (unpaired) electrons. The van der Waals surface area contributed by atoms with Crippen molar-refractivity contribution in [1.82, 2.24) is 19.7 Å². The molecule has 1 fully saturated rings. The zero-order valence-electron chi connectivity index (χ0n) is 19.4. The number of amides is 2. The Morgan fingerprint density at radius 3 is 2.43 bits per heavy atom. The van der Waals surface area contributed by atoms with Crippen LogP contribution in [0, 0.1) is 5.82 Å². The van der Waals surface area contributed by atoms with Crippen molar-refractivity contribution < 1.29 is 22.4 Å². The van der Waals surface area contributed by atoms with Crippen molar-refractivity contribution in [2.24, 2.45) is 0 Å². The molecule has 186 valence electrons. The summed E-state index contributed by atoms with van der Waals surface area (Å²) in [5.74, 6) is -0.327. The summed E-state index contributed by atoms with van der Waals surface area (Å²) in [6.07, 6.45) is 1.11.